The molecule has 0 fully saturated rings. The maximum atomic E-state index is 7.26. The van der Waals surface area contributed by atoms with E-state index < -0.39 is 0 Å². The molecule has 0 spiro atoms. The van der Waals surface area contributed by atoms with Crippen molar-refractivity contribution in [2.75, 3.05) is 10.2 Å². The lowest BCUT2D eigenvalue weighted by atomic mass is 9.57. The molecule has 1 radical (unpaired) electrons. The fourth-order valence-electron chi connectivity index (χ4n) is 12.6. The molecule has 7 aromatic carbocycles. The van der Waals surface area contributed by atoms with E-state index in [0.717, 1.165) is 56.6 Å². The standard InChI is InChI=1S/C68H72BN2OS/c1-63(2,3)41-24-28-54(70-43-26-27-50-51(36-43)66(9,10)31-30-65(50,7)8)46(35-41)47-37-48-44-22-18-19-23-56(44)72-61(48)60-58(47)69-59-49-38-52-53(68(13,14)33-32-67(52,11)12)39-57(49)73-62(59)71(60)55-29-25-42(64(4,5)6)34-45(55)40-20-16-15-17-21-40/h15-29,34-39,70H,30-33H2,1-14H3. The summed E-state index contributed by atoms with van der Waals surface area (Å²) in [7, 11) is 2.54. The van der Waals surface area contributed by atoms with Crippen LogP contribution in [-0.4, -0.2) is 7.28 Å². The van der Waals surface area contributed by atoms with E-state index in [1.54, 1.807) is 0 Å². The van der Waals surface area contributed by atoms with Crippen molar-refractivity contribution in [1.82, 2.24) is 0 Å². The van der Waals surface area contributed by atoms with Gasteiger partial charge in [-0.1, -0.05) is 164 Å². The third-order valence-electron chi connectivity index (χ3n) is 17.6. The Balaban J connectivity index is 1.19. The van der Waals surface area contributed by atoms with Gasteiger partial charge in [0.2, 0.25) is 0 Å². The molecular formula is C68H72BN2OS. The Bertz CT molecular complexity index is 3720. The first-order valence-electron chi connectivity index (χ1n) is 26.9. The summed E-state index contributed by atoms with van der Waals surface area (Å²) in [5.74, 6) is 0. The van der Waals surface area contributed by atoms with E-state index >= 15 is 0 Å². The van der Waals surface area contributed by atoms with Gasteiger partial charge >= 0.3 is 0 Å². The van der Waals surface area contributed by atoms with E-state index in [1.165, 1.54) is 95.4 Å². The van der Waals surface area contributed by atoms with Gasteiger partial charge in [0.25, 0.3) is 0 Å². The highest BCUT2D eigenvalue weighted by molar-refractivity contribution is 7.25. The summed E-state index contributed by atoms with van der Waals surface area (Å²) in [5.41, 5.74) is 22.1. The molecule has 0 bridgehead atoms. The van der Waals surface area contributed by atoms with Crippen LogP contribution in [-0.2, 0) is 32.5 Å². The highest BCUT2D eigenvalue weighted by Gasteiger charge is 2.41. The van der Waals surface area contributed by atoms with Crippen molar-refractivity contribution in [1.29, 1.82) is 0 Å². The number of nitrogens with zero attached hydrogens (tertiary/aromatic N) is 1. The van der Waals surface area contributed by atoms with E-state index in [2.05, 4.69) is 242 Å². The highest BCUT2D eigenvalue weighted by atomic mass is 32.1. The summed E-state index contributed by atoms with van der Waals surface area (Å²) in [5, 5.41) is 8.87. The zero-order valence-corrected chi connectivity index (χ0v) is 46.6. The van der Waals surface area contributed by atoms with Crippen LogP contribution in [0.1, 0.15) is 156 Å². The second-order valence-corrected chi connectivity index (χ2v) is 27.7. The van der Waals surface area contributed by atoms with E-state index in [4.69, 9.17) is 4.42 Å². The first-order valence-corrected chi connectivity index (χ1v) is 27.7. The van der Waals surface area contributed by atoms with Gasteiger partial charge in [0.1, 0.15) is 5.58 Å². The van der Waals surface area contributed by atoms with Crippen molar-refractivity contribution < 1.29 is 4.42 Å². The van der Waals surface area contributed by atoms with Gasteiger partial charge in [0, 0.05) is 38.0 Å². The molecule has 0 atom stereocenters. The largest absolute Gasteiger partial charge is 0.454 e. The normalized spacial score (nSPS) is 17.5. The van der Waals surface area contributed by atoms with Gasteiger partial charge in [0.05, 0.1) is 16.4 Å². The Hall–Kier alpha value is -6.04. The van der Waals surface area contributed by atoms with Gasteiger partial charge in [0.15, 0.2) is 12.9 Å². The van der Waals surface area contributed by atoms with Gasteiger partial charge in [-0.05, 0) is 180 Å². The number of hydrogen-bond donors (Lipinski definition) is 1. The van der Waals surface area contributed by atoms with Crippen molar-refractivity contribution >= 4 is 89.3 Å². The molecule has 0 amide bonds. The minimum atomic E-state index is -0.0905. The van der Waals surface area contributed by atoms with Crippen molar-refractivity contribution in [2.24, 2.45) is 0 Å². The number of furan rings is 1. The third-order valence-corrected chi connectivity index (χ3v) is 18.7. The minimum absolute atomic E-state index is 0.0538. The molecule has 5 heteroatoms. The summed E-state index contributed by atoms with van der Waals surface area (Å²) < 4.78 is 8.59. The van der Waals surface area contributed by atoms with E-state index in [-0.39, 0.29) is 32.5 Å². The average molecular weight is 976 g/mol. The molecule has 369 valence electrons. The van der Waals surface area contributed by atoms with Gasteiger partial charge in [-0.15, -0.1) is 11.3 Å². The fraction of sp³-hybridized carbons (Fsp3) is 0.353. The predicted octanol–water partition coefficient (Wildman–Crippen LogP) is 18.6. The molecule has 3 nitrogen and oxygen atoms in total. The van der Waals surface area contributed by atoms with Gasteiger partial charge in [-0.3, -0.25) is 4.90 Å². The number of fused-ring (bicyclic) bond motifs is 10. The monoisotopic (exact) mass is 976 g/mol. The smallest absolute Gasteiger partial charge is 0.200 e. The fourth-order valence-corrected chi connectivity index (χ4v) is 13.8. The summed E-state index contributed by atoms with van der Waals surface area (Å²) >= 11 is 1.93. The Kier molecular flexibility index (Phi) is 10.7. The van der Waals surface area contributed by atoms with Gasteiger partial charge in [-0.2, -0.15) is 0 Å². The van der Waals surface area contributed by atoms with Crippen LogP contribution in [0.15, 0.2) is 132 Å². The second kappa shape index (κ2) is 16.2. The first kappa shape index (κ1) is 47.9. The lowest BCUT2D eigenvalue weighted by molar-refractivity contribution is 0.332. The Labute approximate surface area is 439 Å². The van der Waals surface area contributed by atoms with Crippen molar-refractivity contribution in [2.45, 2.75) is 155 Å². The summed E-state index contributed by atoms with van der Waals surface area (Å²) in [6, 6.07) is 48.8. The maximum Gasteiger partial charge on any atom is 0.200 e. The number of anilines is 5. The van der Waals surface area contributed by atoms with Crippen LogP contribution in [0, 0.1) is 0 Å². The number of benzene rings is 7. The number of thiophene rings is 1. The molecule has 73 heavy (non-hydrogen) atoms. The van der Waals surface area contributed by atoms with Gasteiger partial charge < -0.3 is 9.73 Å². The van der Waals surface area contributed by atoms with E-state index in [0.29, 0.717) is 0 Å². The third kappa shape index (κ3) is 7.80. The number of rotatable bonds is 5. The van der Waals surface area contributed by atoms with Crippen LogP contribution in [0.3, 0.4) is 0 Å². The molecule has 12 rings (SSSR count). The van der Waals surface area contributed by atoms with Gasteiger partial charge in [-0.25, -0.2) is 0 Å². The Morgan fingerprint density at radius 2 is 1.11 bits per heavy atom. The SMILES string of the molecule is CC(C)(C)c1ccc(Nc2ccc3c(c2)C(C)(C)CCC3(C)C)c(-c2cc3c(oc4ccccc43)c3c2[B]c2c(sc4cc5c(cc24)C(C)(C)CCC5(C)C)N3c2ccc(C(C)(C)C)cc2-c2ccccc2)c1. The summed E-state index contributed by atoms with van der Waals surface area (Å²) in [6.07, 6.45) is 4.69. The summed E-state index contributed by atoms with van der Waals surface area (Å²) in [4.78, 5) is 2.61. The second-order valence-electron chi connectivity index (χ2n) is 26.6. The quantitative estimate of drug-likeness (QED) is 0.174. The lowest BCUT2D eigenvalue weighted by Gasteiger charge is -2.42. The zero-order chi connectivity index (χ0) is 51.4. The molecule has 1 N–H and O–H groups in total. The maximum absolute atomic E-state index is 7.26. The van der Waals surface area contributed by atoms with Crippen LogP contribution in [0.25, 0.3) is 54.3 Å². The predicted molar refractivity (Wildman–Crippen MR) is 317 cm³/mol. The van der Waals surface area contributed by atoms with Crippen LogP contribution < -0.4 is 21.1 Å². The molecule has 1 aliphatic heterocycles. The molecule has 9 aromatic rings. The van der Waals surface area contributed by atoms with Crippen LogP contribution >= 0.6 is 11.3 Å². The molecule has 0 unspecified atom stereocenters. The van der Waals surface area contributed by atoms with Crippen molar-refractivity contribution in [3.8, 4) is 22.3 Å². The van der Waals surface area contributed by atoms with Crippen molar-refractivity contribution in [3.05, 3.63) is 161 Å². The zero-order valence-electron chi connectivity index (χ0n) is 45.8. The van der Waals surface area contributed by atoms with Crippen molar-refractivity contribution in [3.63, 3.8) is 0 Å². The Morgan fingerprint density at radius 3 is 1.78 bits per heavy atom. The average Bonchev–Trinajstić information content (AvgIpc) is 3.92. The molecule has 0 saturated heterocycles. The number of hydrogen-bond acceptors (Lipinski definition) is 4. The number of para-hydroxylation sites is 1. The van der Waals surface area contributed by atoms with E-state index in [9.17, 15) is 0 Å². The molecule has 3 heterocycles. The molecule has 2 aliphatic carbocycles. The van der Waals surface area contributed by atoms with Crippen LogP contribution in [0.5, 0.6) is 0 Å². The topological polar surface area (TPSA) is 28.4 Å². The highest BCUT2D eigenvalue weighted by Crippen LogP contribution is 2.54. The van der Waals surface area contributed by atoms with Crippen LogP contribution in [0.2, 0.25) is 0 Å². The summed E-state index contributed by atoms with van der Waals surface area (Å²) in [6.45, 7) is 33.5. The van der Waals surface area contributed by atoms with E-state index in [1.807, 2.05) is 11.3 Å². The molecule has 2 aromatic heterocycles. The molecular weight excluding hydrogens is 904 g/mol. The Morgan fingerprint density at radius 1 is 0.521 bits per heavy atom. The van der Waals surface area contributed by atoms with Crippen LogP contribution in [0.4, 0.5) is 27.8 Å². The number of nitrogens with one attached hydrogen (secondary N) is 1. The lowest BCUT2D eigenvalue weighted by Crippen LogP contribution is -2.40. The first-order chi connectivity index (χ1) is 34.4. The molecule has 3 aliphatic rings. The minimum Gasteiger partial charge on any atom is -0.454 e. The molecule has 0 saturated carbocycles.